The van der Waals surface area contributed by atoms with Gasteiger partial charge in [0.15, 0.2) is 0 Å². The van der Waals surface area contributed by atoms with Crippen molar-refractivity contribution >= 4 is 5.95 Å². The number of benzene rings is 1. The molecule has 0 bridgehead atoms. The predicted molar refractivity (Wildman–Crippen MR) is 64.5 cm³/mol. The van der Waals surface area contributed by atoms with Crippen LogP contribution in [0, 0.1) is 0 Å². The Morgan fingerprint density at radius 3 is 2.63 bits per heavy atom. The predicted octanol–water partition coefficient (Wildman–Crippen LogP) is 0.726. The lowest BCUT2D eigenvalue weighted by atomic mass is 10.3. The lowest BCUT2D eigenvalue weighted by Gasteiger charge is -2.21. The highest BCUT2D eigenvalue weighted by molar-refractivity contribution is 5.40. The summed E-state index contributed by atoms with van der Waals surface area (Å²) in [6.45, 7) is -0.750. The van der Waals surface area contributed by atoms with Crippen molar-refractivity contribution in [2.75, 3.05) is 24.6 Å². The first-order chi connectivity index (χ1) is 9.22. The summed E-state index contributed by atoms with van der Waals surface area (Å²) < 4.78 is 26.4. The molecule has 0 unspecified atom stereocenters. The molecule has 2 rings (SSSR count). The Bertz CT molecular complexity index is 505. The zero-order valence-corrected chi connectivity index (χ0v) is 10.0. The molecule has 1 heterocycles. The molecule has 1 aromatic carbocycles. The summed E-state index contributed by atoms with van der Waals surface area (Å²) >= 11 is 0. The minimum atomic E-state index is -2.53. The maximum Gasteiger partial charge on any atom is 0.255 e. The average molecular weight is 269 g/mol. The number of tetrazole rings is 1. The smallest absolute Gasteiger partial charge is 0.255 e. The third kappa shape index (κ3) is 3.22. The summed E-state index contributed by atoms with van der Waals surface area (Å²) in [5, 5.41) is 20.0. The molecule has 2 aromatic rings. The number of anilines is 1. The first kappa shape index (κ1) is 13.3. The van der Waals surface area contributed by atoms with Gasteiger partial charge in [0.1, 0.15) is 0 Å². The SMILES string of the molecule is OCCN(CC(F)F)c1nnnn1-c1ccccc1. The van der Waals surface area contributed by atoms with E-state index in [2.05, 4.69) is 15.5 Å². The van der Waals surface area contributed by atoms with Gasteiger partial charge in [-0.25, -0.2) is 8.78 Å². The molecule has 1 N–H and O–H groups in total. The van der Waals surface area contributed by atoms with Crippen molar-refractivity contribution in [3.63, 3.8) is 0 Å². The Labute approximate surface area is 108 Å². The summed E-state index contributed by atoms with van der Waals surface area (Å²) in [4.78, 5) is 1.25. The molecule has 6 nitrogen and oxygen atoms in total. The van der Waals surface area contributed by atoms with Gasteiger partial charge < -0.3 is 10.0 Å². The van der Waals surface area contributed by atoms with Crippen LogP contribution in [-0.4, -0.2) is 51.4 Å². The molecule has 0 radical (unpaired) electrons. The minimum Gasteiger partial charge on any atom is -0.395 e. The molecule has 0 saturated carbocycles. The van der Waals surface area contributed by atoms with Crippen molar-refractivity contribution < 1.29 is 13.9 Å². The highest BCUT2D eigenvalue weighted by atomic mass is 19.3. The maximum atomic E-state index is 12.5. The normalized spacial score (nSPS) is 10.9. The number of aliphatic hydroxyl groups is 1. The summed E-state index contributed by atoms with van der Waals surface area (Å²) in [7, 11) is 0. The van der Waals surface area contributed by atoms with Gasteiger partial charge in [0.25, 0.3) is 12.4 Å². The molecular formula is C11H13F2N5O. The summed E-state index contributed by atoms with van der Waals surface area (Å²) in [5.41, 5.74) is 0.666. The van der Waals surface area contributed by atoms with Crippen LogP contribution >= 0.6 is 0 Å². The van der Waals surface area contributed by atoms with E-state index in [0.717, 1.165) is 0 Å². The van der Waals surface area contributed by atoms with E-state index in [1.807, 2.05) is 6.07 Å². The van der Waals surface area contributed by atoms with Crippen molar-refractivity contribution in [1.29, 1.82) is 0 Å². The molecule has 0 aliphatic carbocycles. The van der Waals surface area contributed by atoms with Crippen LogP contribution < -0.4 is 4.90 Å². The number of hydrogen-bond acceptors (Lipinski definition) is 5. The van der Waals surface area contributed by atoms with Crippen LogP contribution in [0.3, 0.4) is 0 Å². The van der Waals surface area contributed by atoms with Crippen LogP contribution in [-0.2, 0) is 0 Å². The van der Waals surface area contributed by atoms with E-state index in [1.165, 1.54) is 9.58 Å². The van der Waals surface area contributed by atoms with E-state index in [4.69, 9.17) is 5.11 Å². The lowest BCUT2D eigenvalue weighted by molar-refractivity contribution is 0.152. The number of aromatic nitrogens is 4. The summed E-state index contributed by atoms with van der Waals surface area (Å²) in [6.07, 6.45) is -2.53. The fourth-order valence-electron chi connectivity index (χ4n) is 1.68. The van der Waals surface area contributed by atoms with Gasteiger partial charge in [-0.05, 0) is 22.6 Å². The van der Waals surface area contributed by atoms with E-state index in [-0.39, 0.29) is 19.1 Å². The number of nitrogens with zero attached hydrogens (tertiary/aromatic N) is 5. The first-order valence-electron chi connectivity index (χ1n) is 5.70. The number of aliphatic hydroxyl groups excluding tert-OH is 1. The van der Waals surface area contributed by atoms with Gasteiger partial charge in [0.2, 0.25) is 0 Å². The molecule has 8 heteroatoms. The minimum absolute atomic E-state index is 0.0392. The molecule has 1 aromatic heterocycles. The van der Waals surface area contributed by atoms with E-state index < -0.39 is 13.0 Å². The quantitative estimate of drug-likeness (QED) is 0.837. The highest BCUT2D eigenvalue weighted by Crippen LogP contribution is 2.15. The molecule has 0 saturated heterocycles. The van der Waals surface area contributed by atoms with Crippen molar-refractivity contribution in [1.82, 2.24) is 20.2 Å². The number of rotatable bonds is 6. The highest BCUT2D eigenvalue weighted by Gasteiger charge is 2.19. The van der Waals surface area contributed by atoms with Crippen LogP contribution in [0.4, 0.5) is 14.7 Å². The van der Waals surface area contributed by atoms with Gasteiger partial charge in [-0.1, -0.05) is 23.3 Å². The van der Waals surface area contributed by atoms with Gasteiger partial charge in [0.05, 0.1) is 18.8 Å². The Morgan fingerprint density at radius 2 is 2.00 bits per heavy atom. The van der Waals surface area contributed by atoms with Crippen LogP contribution in [0.1, 0.15) is 0 Å². The van der Waals surface area contributed by atoms with Crippen molar-refractivity contribution in [2.24, 2.45) is 0 Å². The second kappa shape index (κ2) is 6.19. The number of para-hydroxylation sites is 1. The van der Waals surface area contributed by atoms with Gasteiger partial charge >= 0.3 is 0 Å². The Morgan fingerprint density at radius 1 is 1.26 bits per heavy atom. The largest absolute Gasteiger partial charge is 0.395 e. The lowest BCUT2D eigenvalue weighted by Crippen LogP contribution is -2.33. The van der Waals surface area contributed by atoms with Crippen LogP contribution in [0.15, 0.2) is 30.3 Å². The standard InChI is InChI=1S/C11H13F2N5O/c12-10(13)8-17(6-7-19)11-14-15-16-18(11)9-4-2-1-3-5-9/h1-5,10,19H,6-8H2. The first-order valence-corrected chi connectivity index (χ1v) is 5.70. The van der Waals surface area contributed by atoms with Gasteiger partial charge in [-0.3, -0.25) is 0 Å². The molecular weight excluding hydrogens is 256 g/mol. The van der Waals surface area contributed by atoms with E-state index >= 15 is 0 Å². The molecule has 19 heavy (non-hydrogen) atoms. The van der Waals surface area contributed by atoms with Crippen LogP contribution in [0.2, 0.25) is 0 Å². The third-order valence-corrected chi connectivity index (χ3v) is 2.46. The van der Waals surface area contributed by atoms with Crippen LogP contribution in [0.25, 0.3) is 5.69 Å². The fraction of sp³-hybridized carbons (Fsp3) is 0.364. The number of alkyl halides is 2. The van der Waals surface area contributed by atoms with Gasteiger partial charge in [0, 0.05) is 6.54 Å². The zero-order valence-electron chi connectivity index (χ0n) is 10.0. The van der Waals surface area contributed by atoms with E-state index in [1.54, 1.807) is 24.3 Å². The zero-order chi connectivity index (χ0) is 13.7. The molecule has 102 valence electrons. The Kier molecular flexibility index (Phi) is 4.35. The third-order valence-electron chi connectivity index (χ3n) is 2.46. The Balaban J connectivity index is 2.31. The summed E-state index contributed by atoms with van der Waals surface area (Å²) in [6, 6.07) is 8.95. The van der Waals surface area contributed by atoms with Crippen LogP contribution in [0.5, 0.6) is 0 Å². The molecule has 0 amide bonds. The van der Waals surface area contributed by atoms with E-state index in [9.17, 15) is 8.78 Å². The Hall–Kier alpha value is -2.09. The van der Waals surface area contributed by atoms with Gasteiger partial charge in [-0.15, -0.1) is 0 Å². The number of halogens is 2. The summed E-state index contributed by atoms with van der Waals surface area (Å²) in [5.74, 6) is 0.181. The van der Waals surface area contributed by atoms with E-state index in [0.29, 0.717) is 5.69 Å². The van der Waals surface area contributed by atoms with Gasteiger partial charge in [-0.2, -0.15) is 4.68 Å². The molecule has 0 aliphatic heterocycles. The van der Waals surface area contributed by atoms with Crippen molar-refractivity contribution in [2.45, 2.75) is 6.43 Å². The average Bonchev–Trinajstić information content (AvgIpc) is 2.88. The molecule has 0 fully saturated rings. The maximum absolute atomic E-state index is 12.5. The molecule has 0 aliphatic rings. The molecule has 0 spiro atoms. The second-order valence-corrected chi connectivity index (χ2v) is 3.79. The van der Waals surface area contributed by atoms with Crippen molar-refractivity contribution in [3.8, 4) is 5.69 Å². The number of hydrogen-bond donors (Lipinski definition) is 1. The monoisotopic (exact) mass is 269 g/mol. The fourth-order valence-corrected chi connectivity index (χ4v) is 1.68. The topological polar surface area (TPSA) is 67.1 Å². The molecule has 0 atom stereocenters. The van der Waals surface area contributed by atoms with Crippen molar-refractivity contribution in [3.05, 3.63) is 30.3 Å². The second-order valence-electron chi connectivity index (χ2n) is 3.79.